The molecule has 0 fully saturated rings. The Bertz CT molecular complexity index is 694. The Morgan fingerprint density at radius 3 is 2.04 bits per heavy atom. The van der Waals surface area contributed by atoms with Crippen LogP contribution in [-0.2, 0) is 9.53 Å². The van der Waals surface area contributed by atoms with Crippen LogP contribution in [0.15, 0.2) is 78.9 Å². The van der Waals surface area contributed by atoms with E-state index in [1.54, 1.807) is 12.2 Å². The molecular formula is C22H24O4. The molecule has 0 aliphatic rings. The number of esters is 1. The van der Waals surface area contributed by atoms with Gasteiger partial charge in [0.25, 0.3) is 0 Å². The normalized spacial score (nSPS) is 13.2. The van der Waals surface area contributed by atoms with Gasteiger partial charge in [0.15, 0.2) is 0 Å². The smallest absolute Gasteiger partial charge is 0.308 e. The maximum atomic E-state index is 11.1. The summed E-state index contributed by atoms with van der Waals surface area (Å²) in [6.07, 6.45) is 3.47. The molecular weight excluding hydrogens is 328 g/mol. The van der Waals surface area contributed by atoms with Gasteiger partial charge >= 0.3 is 5.97 Å². The van der Waals surface area contributed by atoms with Crippen molar-refractivity contribution in [2.75, 3.05) is 7.11 Å². The average Bonchev–Trinajstić information content (AvgIpc) is 2.66. The van der Waals surface area contributed by atoms with E-state index in [1.807, 2.05) is 66.7 Å². The summed E-state index contributed by atoms with van der Waals surface area (Å²) in [6, 6.07) is 20.0. The second-order valence-corrected chi connectivity index (χ2v) is 5.93. The van der Waals surface area contributed by atoms with Gasteiger partial charge in [-0.05, 0) is 16.7 Å². The molecule has 0 amide bonds. The third-order valence-corrected chi connectivity index (χ3v) is 3.91. The molecule has 2 atom stereocenters. The Hall–Kier alpha value is -2.69. The van der Waals surface area contributed by atoms with Crippen molar-refractivity contribution in [3.8, 4) is 0 Å². The van der Waals surface area contributed by atoms with E-state index in [1.165, 1.54) is 7.11 Å². The molecule has 0 bridgehead atoms. The van der Waals surface area contributed by atoms with Crippen LogP contribution >= 0.6 is 0 Å². The highest BCUT2D eigenvalue weighted by Gasteiger charge is 2.14. The first kappa shape index (κ1) is 19.6. The Labute approximate surface area is 154 Å². The number of aliphatic hydroxyl groups is 2. The molecule has 0 aliphatic carbocycles. The average molecular weight is 352 g/mol. The van der Waals surface area contributed by atoms with E-state index in [-0.39, 0.29) is 12.8 Å². The molecule has 26 heavy (non-hydrogen) atoms. The monoisotopic (exact) mass is 352 g/mol. The Balaban J connectivity index is 2.10. The van der Waals surface area contributed by atoms with Gasteiger partial charge in [-0.3, -0.25) is 4.79 Å². The Morgan fingerprint density at radius 2 is 1.54 bits per heavy atom. The van der Waals surface area contributed by atoms with Crippen molar-refractivity contribution in [2.24, 2.45) is 0 Å². The fourth-order valence-corrected chi connectivity index (χ4v) is 2.59. The lowest BCUT2D eigenvalue weighted by molar-refractivity contribution is -0.143. The van der Waals surface area contributed by atoms with Gasteiger partial charge in [0, 0.05) is 6.42 Å². The van der Waals surface area contributed by atoms with Crippen LogP contribution in [0, 0.1) is 0 Å². The number of hydrogen-bond acceptors (Lipinski definition) is 4. The lowest BCUT2D eigenvalue weighted by Crippen LogP contribution is -2.20. The minimum Gasteiger partial charge on any atom is -0.469 e. The SMILES string of the molecule is COC(=O)CC(O)CC(O)C=CC=C(c1ccccc1)c1ccccc1. The van der Waals surface area contributed by atoms with Gasteiger partial charge in [-0.25, -0.2) is 0 Å². The van der Waals surface area contributed by atoms with E-state index in [0.717, 1.165) is 16.7 Å². The molecule has 2 aromatic carbocycles. The number of allylic oxidation sites excluding steroid dienone is 2. The van der Waals surface area contributed by atoms with Crippen molar-refractivity contribution in [1.29, 1.82) is 0 Å². The Kier molecular flexibility index (Phi) is 7.80. The van der Waals surface area contributed by atoms with Crippen molar-refractivity contribution in [2.45, 2.75) is 25.0 Å². The van der Waals surface area contributed by atoms with E-state index < -0.39 is 18.2 Å². The maximum Gasteiger partial charge on any atom is 0.308 e. The summed E-state index contributed by atoms with van der Waals surface area (Å²) >= 11 is 0. The van der Waals surface area contributed by atoms with Crippen LogP contribution in [0.4, 0.5) is 0 Å². The number of methoxy groups -OCH3 is 1. The topological polar surface area (TPSA) is 66.8 Å². The van der Waals surface area contributed by atoms with Crippen LogP contribution in [-0.4, -0.2) is 35.5 Å². The van der Waals surface area contributed by atoms with E-state index in [9.17, 15) is 15.0 Å². The lowest BCUT2D eigenvalue weighted by Gasteiger charge is -2.11. The zero-order chi connectivity index (χ0) is 18.8. The van der Waals surface area contributed by atoms with E-state index in [4.69, 9.17) is 0 Å². The zero-order valence-corrected chi connectivity index (χ0v) is 14.8. The highest BCUT2D eigenvalue weighted by molar-refractivity contribution is 5.80. The summed E-state index contributed by atoms with van der Waals surface area (Å²) in [5.41, 5.74) is 3.18. The molecule has 4 heteroatoms. The number of hydrogen-bond donors (Lipinski definition) is 2. The van der Waals surface area contributed by atoms with Gasteiger partial charge in [0.2, 0.25) is 0 Å². The molecule has 2 rings (SSSR count). The summed E-state index contributed by atoms with van der Waals surface area (Å²) in [7, 11) is 1.27. The number of ether oxygens (including phenoxy) is 1. The van der Waals surface area contributed by atoms with Crippen LogP contribution in [0.5, 0.6) is 0 Å². The molecule has 0 saturated carbocycles. The molecule has 2 unspecified atom stereocenters. The van der Waals surface area contributed by atoms with E-state index >= 15 is 0 Å². The van der Waals surface area contributed by atoms with Crippen molar-refractivity contribution in [1.82, 2.24) is 0 Å². The summed E-state index contributed by atoms with van der Waals surface area (Å²) in [5.74, 6) is -0.496. The number of carbonyl (C=O) groups is 1. The first-order chi connectivity index (χ1) is 12.6. The van der Waals surface area contributed by atoms with Crippen molar-refractivity contribution in [3.63, 3.8) is 0 Å². The molecule has 0 aromatic heterocycles. The largest absolute Gasteiger partial charge is 0.469 e. The summed E-state index contributed by atoms with van der Waals surface area (Å²) < 4.78 is 4.50. The van der Waals surface area contributed by atoms with Crippen molar-refractivity contribution >= 4 is 11.5 Å². The molecule has 0 aliphatic heterocycles. The van der Waals surface area contributed by atoms with Gasteiger partial charge in [-0.2, -0.15) is 0 Å². The fraction of sp³-hybridized carbons (Fsp3) is 0.227. The first-order valence-corrected chi connectivity index (χ1v) is 8.52. The minimum absolute atomic E-state index is 0.0748. The molecule has 136 valence electrons. The second-order valence-electron chi connectivity index (χ2n) is 5.93. The second kappa shape index (κ2) is 10.3. The third-order valence-electron chi connectivity index (χ3n) is 3.91. The predicted molar refractivity (Wildman–Crippen MR) is 102 cm³/mol. The zero-order valence-electron chi connectivity index (χ0n) is 14.8. The first-order valence-electron chi connectivity index (χ1n) is 8.52. The van der Waals surface area contributed by atoms with E-state index in [0.29, 0.717) is 0 Å². The van der Waals surface area contributed by atoms with Crippen molar-refractivity contribution < 1.29 is 19.7 Å². The third kappa shape index (κ3) is 6.31. The van der Waals surface area contributed by atoms with Crippen LogP contribution in [0.3, 0.4) is 0 Å². The van der Waals surface area contributed by atoms with Crippen molar-refractivity contribution in [3.05, 3.63) is 90.0 Å². The number of benzene rings is 2. The molecule has 0 saturated heterocycles. The van der Waals surface area contributed by atoms with Gasteiger partial charge in [-0.15, -0.1) is 0 Å². The molecule has 0 spiro atoms. The quantitative estimate of drug-likeness (QED) is 0.565. The van der Waals surface area contributed by atoms with Crippen LogP contribution in [0.2, 0.25) is 0 Å². The lowest BCUT2D eigenvalue weighted by atomic mass is 9.97. The van der Waals surface area contributed by atoms with Crippen LogP contribution in [0.25, 0.3) is 5.57 Å². The summed E-state index contributed by atoms with van der Waals surface area (Å²) in [4.78, 5) is 11.1. The minimum atomic E-state index is -0.936. The van der Waals surface area contributed by atoms with Crippen LogP contribution < -0.4 is 0 Å². The highest BCUT2D eigenvalue weighted by atomic mass is 16.5. The molecule has 0 radical (unpaired) electrons. The molecule has 4 nitrogen and oxygen atoms in total. The maximum absolute atomic E-state index is 11.1. The standard InChI is InChI=1S/C22H24O4/c1-26-22(25)16-20(24)15-19(23)13-8-14-21(17-9-4-2-5-10-17)18-11-6-3-7-12-18/h2-14,19-20,23-24H,15-16H2,1H3. The van der Waals surface area contributed by atoms with Gasteiger partial charge in [0.1, 0.15) is 0 Å². The highest BCUT2D eigenvalue weighted by Crippen LogP contribution is 2.23. The summed E-state index contributed by atoms with van der Waals surface area (Å²) in [6.45, 7) is 0. The molecule has 0 heterocycles. The van der Waals surface area contributed by atoms with Gasteiger partial charge < -0.3 is 14.9 Å². The molecule has 2 N–H and O–H groups in total. The predicted octanol–water partition coefficient (Wildman–Crippen LogP) is 3.35. The number of rotatable bonds is 8. The van der Waals surface area contributed by atoms with Gasteiger partial charge in [-0.1, -0.05) is 78.9 Å². The number of carbonyl (C=O) groups excluding carboxylic acids is 1. The summed E-state index contributed by atoms with van der Waals surface area (Å²) in [5, 5.41) is 19.8. The van der Waals surface area contributed by atoms with Crippen LogP contribution in [0.1, 0.15) is 24.0 Å². The Morgan fingerprint density at radius 1 is 1.00 bits per heavy atom. The number of aliphatic hydroxyl groups excluding tert-OH is 2. The van der Waals surface area contributed by atoms with Gasteiger partial charge in [0.05, 0.1) is 25.7 Å². The fourth-order valence-electron chi connectivity index (χ4n) is 2.59. The van der Waals surface area contributed by atoms with E-state index in [2.05, 4.69) is 4.74 Å². The molecule has 2 aromatic rings.